The van der Waals surface area contributed by atoms with Gasteiger partial charge < -0.3 is 9.47 Å². The average molecular weight is 298 g/mol. The average Bonchev–Trinajstić information content (AvgIpc) is 3.04. The molecule has 0 aromatic carbocycles. The van der Waals surface area contributed by atoms with E-state index in [1.165, 1.54) is 30.8 Å². The van der Waals surface area contributed by atoms with Crippen LogP contribution in [0.2, 0.25) is 0 Å². The number of piperidine rings is 1. The van der Waals surface area contributed by atoms with Crippen LogP contribution in [0.1, 0.15) is 43.5 Å². The van der Waals surface area contributed by atoms with Gasteiger partial charge in [-0.2, -0.15) is 0 Å². The molecule has 1 aliphatic rings. The number of hydrogen-bond donors (Lipinski definition) is 0. The Morgan fingerprint density at radius 2 is 2.27 bits per heavy atom. The van der Waals surface area contributed by atoms with E-state index in [-0.39, 0.29) is 0 Å². The normalized spacial score (nSPS) is 19.4. The maximum atomic E-state index is 4.66. The number of aryl methyl sites for hydroxylation is 2. The van der Waals surface area contributed by atoms with Crippen molar-refractivity contribution in [2.75, 3.05) is 19.6 Å². The summed E-state index contributed by atoms with van der Waals surface area (Å²) in [4.78, 5) is 11.4. The summed E-state index contributed by atoms with van der Waals surface area (Å²) in [5.74, 6) is 1.88. The minimum Gasteiger partial charge on any atom is -0.335 e. The van der Waals surface area contributed by atoms with Gasteiger partial charge in [0.2, 0.25) is 0 Å². The van der Waals surface area contributed by atoms with Gasteiger partial charge in [0.05, 0.1) is 0 Å². The van der Waals surface area contributed by atoms with Crippen molar-refractivity contribution in [3.63, 3.8) is 0 Å². The molecule has 0 radical (unpaired) electrons. The van der Waals surface area contributed by atoms with Gasteiger partial charge in [0.25, 0.3) is 0 Å². The summed E-state index contributed by atoms with van der Waals surface area (Å²) in [5, 5.41) is 0. The molecule has 0 bridgehead atoms. The van der Waals surface area contributed by atoms with Crippen LogP contribution in [0.3, 0.4) is 0 Å². The highest BCUT2D eigenvalue weighted by Gasteiger charge is 2.23. The number of rotatable bonds is 6. The van der Waals surface area contributed by atoms with Gasteiger partial charge >= 0.3 is 0 Å². The predicted molar refractivity (Wildman–Crippen MR) is 88.9 cm³/mol. The van der Waals surface area contributed by atoms with Gasteiger partial charge in [0.15, 0.2) is 0 Å². The summed E-state index contributed by atoms with van der Waals surface area (Å²) < 4.78 is 2.36. The smallest absolute Gasteiger partial charge is 0.113 e. The Morgan fingerprint density at radius 1 is 1.32 bits per heavy atom. The first-order valence-electron chi connectivity index (χ1n) is 8.49. The van der Waals surface area contributed by atoms with Gasteiger partial charge in [-0.15, -0.1) is 0 Å². The molecule has 4 heteroatoms. The van der Waals surface area contributed by atoms with E-state index in [0.29, 0.717) is 5.92 Å². The van der Waals surface area contributed by atoms with Gasteiger partial charge in [-0.05, 0) is 50.4 Å². The summed E-state index contributed by atoms with van der Waals surface area (Å²) in [6, 6.07) is 4.17. The second-order valence-electron chi connectivity index (χ2n) is 6.18. The molecule has 1 unspecified atom stereocenters. The molecule has 1 atom stereocenters. The van der Waals surface area contributed by atoms with Gasteiger partial charge in [0, 0.05) is 43.8 Å². The molecule has 0 spiro atoms. The minimum atomic E-state index is 0.599. The largest absolute Gasteiger partial charge is 0.335 e. The molecule has 1 saturated heterocycles. The van der Waals surface area contributed by atoms with Crippen LogP contribution < -0.4 is 0 Å². The Labute approximate surface area is 133 Å². The molecule has 118 valence electrons. The number of likely N-dealkylation sites (N-methyl/N-ethyl adjacent to an activating group) is 1. The van der Waals surface area contributed by atoms with Crippen LogP contribution in [0.4, 0.5) is 0 Å². The molecule has 1 aliphatic heterocycles. The van der Waals surface area contributed by atoms with E-state index in [2.05, 4.69) is 38.6 Å². The van der Waals surface area contributed by atoms with E-state index in [9.17, 15) is 0 Å². The Kier molecular flexibility index (Phi) is 5.22. The van der Waals surface area contributed by atoms with Crippen molar-refractivity contribution < 1.29 is 0 Å². The molecule has 0 amide bonds. The Morgan fingerprint density at radius 3 is 3.09 bits per heavy atom. The van der Waals surface area contributed by atoms with E-state index in [4.69, 9.17) is 0 Å². The zero-order valence-electron chi connectivity index (χ0n) is 13.5. The molecule has 2 aromatic heterocycles. The fourth-order valence-electron chi connectivity index (χ4n) is 3.42. The zero-order valence-corrected chi connectivity index (χ0v) is 13.5. The zero-order chi connectivity index (χ0) is 15.2. The molecule has 0 N–H and O–H groups in total. The first kappa shape index (κ1) is 15.2. The Balaban J connectivity index is 1.57. The number of aromatic nitrogens is 3. The molecule has 22 heavy (non-hydrogen) atoms. The number of likely N-dealkylation sites (tertiary alicyclic amines) is 1. The van der Waals surface area contributed by atoms with Crippen LogP contribution in [0.5, 0.6) is 0 Å². The second kappa shape index (κ2) is 7.54. The summed E-state index contributed by atoms with van der Waals surface area (Å²) in [6.07, 6.45) is 12.7. The highest BCUT2D eigenvalue weighted by atomic mass is 15.1. The number of nitrogens with zero attached hydrogens (tertiary/aromatic N) is 4. The van der Waals surface area contributed by atoms with Gasteiger partial charge in [0.1, 0.15) is 5.82 Å². The van der Waals surface area contributed by atoms with E-state index < -0.39 is 0 Å². The van der Waals surface area contributed by atoms with E-state index in [1.807, 2.05) is 24.7 Å². The highest BCUT2D eigenvalue weighted by Crippen LogP contribution is 2.25. The summed E-state index contributed by atoms with van der Waals surface area (Å²) >= 11 is 0. The first-order chi connectivity index (χ1) is 10.9. The van der Waals surface area contributed by atoms with E-state index >= 15 is 0 Å². The number of pyridine rings is 1. The first-order valence-corrected chi connectivity index (χ1v) is 8.49. The summed E-state index contributed by atoms with van der Waals surface area (Å²) in [5.41, 5.74) is 1.32. The molecule has 0 saturated carbocycles. The predicted octanol–water partition coefficient (Wildman–Crippen LogP) is 3.11. The Bertz CT molecular complexity index is 563. The molecule has 4 nitrogen and oxygen atoms in total. The molecular weight excluding hydrogens is 272 g/mol. The van der Waals surface area contributed by atoms with Crippen molar-refractivity contribution in [2.45, 2.75) is 45.1 Å². The van der Waals surface area contributed by atoms with Gasteiger partial charge in [-0.25, -0.2) is 4.98 Å². The lowest BCUT2D eigenvalue weighted by molar-refractivity contribution is 0.211. The minimum absolute atomic E-state index is 0.599. The van der Waals surface area contributed by atoms with Crippen molar-refractivity contribution in [1.82, 2.24) is 19.4 Å². The fraction of sp³-hybridized carbons (Fsp3) is 0.556. The third-order valence-corrected chi connectivity index (χ3v) is 4.65. The SMILES string of the molecule is CCN1CCCC(c2nccn2CCCc2cccnc2)C1. The van der Waals surface area contributed by atoms with E-state index in [1.54, 1.807) is 0 Å². The van der Waals surface area contributed by atoms with Crippen LogP contribution >= 0.6 is 0 Å². The van der Waals surface area contributed by atoms with Crippen molar-refractivity contribution >= 4 is 0 Å². The third kappa shape index (κ3) is 3.74. The lowest BCUT2D eigenvalue weighted by atomic mass is 9.97. The standard InChI is InChI=1S/C18H26N4/c1-2-21-11-5-8-17(15-21)18-20-10-13-22(18)12-4-7-16-6-3-9-19-14-16/h3,6,9-10,13-14,17H,2,4-5,7-8,11-12,15H2,1H3. The van der Waals surface area contributed by atoms with Crippen LogP contribution in [0.15, 0.2) is 36.9 Å². The van der Waals surface area contributed by atoms with Gasteiger partial charge in [-0.1, -0.05) is 13.0 Å². The number of hydrogen-bond acceptors (Lipinski definition) is 3. The van der Waals surface area contributed by atoms with Crippen molar-refractivity contribution in [3.8, 4) is 0 Å². The lowest BCUT2D eigenvalue weighted by Gasteiger charge is -2.31. The fourth-order valence-corrected chi connectivity index (χ4v) is 3.42. The third-order valence-electron chi connectivity index (χ3n) is 4.65. The maximum absolute atomic E-state index is 4.66. The molecule has 3 rings (SSSR count). The van der Waals surface area contributed by atoms with Crippen LogP contribution in [-0.4, -0.2) is 39.1 Å². The maximum Gasteiger partial charge on any atom is 0.113 e. The quantitative estimate of drug-likeness (QED) is 0.822. The monoisotopic (exact) mass is 298 g/mol. The molecule has 2 aromatic rings. The van der Waals surface area contributed by atoms with Crippen molar-refractivity contribution in [3.05, 3.63) is 48.3 Å². The summed E-state index contributed by atoms with van der Waals surface area (Å²) in [6.45, 7) is 6.86. The molecule has 0 aliphatic carbocycles. The van der Waals surface area contributed by atoms with Crippen LogP contribution in [0.25, 0.3) is 0 Å². The Hall–Kier alpha value is -1.68. The van der Waals surface area contributed by atoms with Crippen molar-refractivity contribution in [1.29, 1.82) is 0 Å². The second-order valence-corrected chi connectivity index (χ2v) is 6.18. The highest BCUT2D eigenvalue weighted by molar-refractivity contribution is 5.08. The molecular formula is C18H26N4. The summed E-state index contributed by atoms with van der Waals surface area (Å²) in [7, 11) is 0. The number of imidazole rings is 1. The molecule has 1 fully saturated rings. The van der Waals surface area contributed by atoms with Crippen LogP contribution in [-0.2, 0) is 13.0 Å². The molecule has 3 heterocycles. The van der Waals surface area contributed by atoms with Crippen LogP contribution in [0, 0.1) is 0 Å². The lowest BCUT2D eigenvalue weighted by Crippen LogP contribution is -2.35. The van der Waals surface area contributed by atoms with E-state index in [0.717, 1.165) is 32.5 Å². The van der Waals surface area contributed by atoms with Crippen molar-refractivity contribution in [2.24, 2.45) is 0 Å². The topological polar surface area (TPSA) is 34.0 Å². The van der Waals surface area contributed by atoms with Gasteiger partial charge in [-0.3, -0.25) is 4.98 Å².